The molecule has 0 amide bonds. The Bertz CT molecular complexity index is 360. The number of ether oxygens (including phenoxy) is 1. The van der Waals surface area contributed by atoms with E-state index < -0.39 is 6.10 Å². The number of rotatable bonds is 4. The van der Waals surface area contributed by atoms with Gasteiger partial charge in [0.25, 0.3) is 0 Å². The van der Waals surface area contributed by atoms with Gasteiger partial charge in [-0.05, 0) is 24.6 Å². The largest absolute Gasteiger partial charge is 0.504 e. The maximum absolute atomic E-state index is 10.8. The third-order valence-electron chi connectivity index (χ3n) is 2.14. The van der Waals surface area contributed by atoms with E-state index in [1.807, 2.05) is 0 Å². The molecule has 0 aromatic heterocycles. The molecule has 4 heteroatoms. The highest BCUT2D eigenvalue weighted by molar-refractivity contribution is 5.80. The van der Waals surface area contributed by atoms with Crippen LogP contribution in [0.3, 0.4) is 0 Å². The van der Waals surface area contributed by atoms with Crippen LogP contribution in [0.2, 0.25) is 0 Å². The molecule has 0 saturated heterocycles. The molecule has 0 aliphatic rings. The van der Waals surface area contributed by atoms with Gasteiger partial charge in [-0.1, -0.05) is 6.07 Å². The quantitative estimate of drug-likeness (QED) is 0.774. The minimum Gasteiger partial charge on any atom is -0.504 e. The number of hydrogen-bond acceptors (Lipinski definition) is 4. The van der Waals surface area contributed by atoms with Gasteiger partial charge in [0.2, 0.25) is 0 Å². The van der Waals surface area contributed by atoms with E-state index in [0.29, 0.717) is 5.75 Å². The van der Waals surface area contributed by atoms with Gasteiger partial charge in [0.1, 0.15) is 6.10 Å². The molecule has 1 rings (SSSR count). The normalized spacial score (nSPS) is 12.2. The van der Waals surface area contributed by atoms with Crippen LogP contribution in [0.4, 0.5) is 0 Å². The summed E-state index contributed by atoms with van der Waals surface area (Å²) < 4.78 is 4.91. The highest BCUT2D eigenvalue weighted by Crippen LogP contribution is 2.26. The summed E-state index contributed by atoms with van der Waals surface area (Å²) in [6, 6.07) is 4.71. The summed E-state index contributed by atoms with van der Waals surface area (Å²) in [5.74, 6) is 0.101. The van der Waals surface area contributed by atoms with Crippen molar-refractivity contribution < 1.29 is 19.7 Å². The van der Waals surface area contributed by atoms with E-state index in [1.165, 1.54) is 20.1 Å². The first-order chi connectivity index (χ1) is 7.04. The molecule has 1 atom stereocenters. The van der Waals surface area contributed by atoms with Gasteiger partial charge in [0.05, 0.1) is 7.11 Å². The molecular formula is C11H14O4. The molecule has 0 bridgehead atoms. The number of aliphatic hydroxyl groups is 1. The zero-order valence-corrected chi connectivity index (χ0v) is 8.73. The fourth-order valence-corrected chi connectivity index (χ4v) is 1.22. The van der Waals surface area contributed by atoms with Crippen molar-refractivity contribution in [1.82, 2.24) is 0 Å². The van der Waals surface area contributed by atoms with Crippen LogP contribution in [-0.4, -0.2) is 29.2 Å². The average molecular weight is 210 g/mol. The summed E-state index contributed by atoms with van der Waals surface area (Å²) in [4.78, 5) is 10.8. The molecule has 0 fully saturated rings. The predicted octanol–water partition coefficient (Wildman–Crippen LogP) is 0.893. The van der Waals surface area contributed by atoms with Crippen LogP contribution in [0.1, 0.15) is 12.5 Å². The van der Waals surface area contributed by atoms with Gasteiger partial charge in [0.15, 0.2) is 17.3 Å². The number of hydrogen-bond donors (Lipinski definition) is 2. The van der Waals surface area contributed by atoms with Crippen molar-refractivity contribution in [3.63, 3.8) is 0 Å². The Morgan fingerprint density at radius 2 is 2.20 bits per heavy atom. The fourth-order valence-electron chi connectivity index (χ4n) is 1.22. The lowest BCUT2D eigenvalue weighted by Gasteiger charge is -2.09. The van der Waals surface area contributed by atoms with Crippen molar-refractivity contribution in [2.75, 3.05) is 7.11 Å². The van der Waals surface area contributed by atoms with Crippen molar-refractivity contribution in [2.24, 2.45) is 0 Å². The molecule has 0 saturated carbocycles. The van der Waals surface area contributed by atoms with Crippen molar-refractivity contribution in [2.45, 2.75) is 19.4 Å². The number of aliphatic hydroxyl groups excluding tert-OH is 1. The van der Waals surface area contributed by atoms with Crippen molar-refractivity contribution in [1.29, 1.82) is 0 Å². The molecule has 1 aromatic carbocycles. The Morgan fingerprint density at radius 1 is 1.53 bits per heavy atom. The minimum absolute atomic E-state index is 0.0403. The molecule has 0 aliphatic heterocycles. The van der Waals surface area contributed by atoms with Crippen LogP contribution in [0.25, 0.3) is 0 Å². The lowest BCUT2D eigenvalue weighted by atomic mass is 10.1. The van der Waals surface area contributed by atoms with E-state index >= 15 is 0 Å². The molecule has 0 aliphatic carbocycles. The Morgan fingerprint density at radius 3 is 2.73 bits per heavy atom. The van der Waals surface area contributed by atoms with E-state index in [1.54, 1.807) is 12.1 Å². The van der Waals surface area contributed by atoms with E-state index in [0.717, 1.165) is 5.56 Å². The molecular weight excluding hydrogens is 196 g/mol. The summed E-state index contributed by atoms with van der Waals surface area (Å²) in [5.41, 5.74) is 0.743. The standard InChI is InChI=1S/C11H14O4/c1-7(12)10(14)5-8-3-4-9(13)11(6-8)15-2/h3-4,6,10,13-14H,5H2,1-2H3. The minimum atomic E-state index is -1.00. The summed E-state index contributed by atoms with van der Waals surface area (Å²) in [7, 11) is 1.44. The van der Waals surface area contributed by atoms with Crippen LogP contribution in [-0.2, 0) is 11.2 Å². The number of aromatic hydroxyl groups is 1. The zero-order chi connectivity index (χ0) is 11.4. The Balaban J connectivity index is 2.83. The monoisotopic (exact) mass is 210 g/mol. The number of benzene rings is 1. The highest BCUT2D eigenvalue weighted by atomic mass is 16.5. The number of ketones is 1. The van der Waals surface area contributed by atoms with Crippen molar-refractivity contribution >= 4 is 5.78 Å². The van der Waals surface area contributed by atoms with Gasteiger partial charge in [-0.15, -0.1) is 0 Å². The van der Waals surface area contributed by atoms with Gasteiger partial charge in [-0.2, -0.15) is 0 Å². The molecule has 4 nitrogen and oxygen atoms in total. The lowest BCUT2D eigenvalue weighted by molar-refractivity contribution is -0.124. The number of phenolic OH excluding ortho intramolecular Hbond substituents is 1. The van der Waals surface area contributed by atoms with E-state index in [-0.39, 0.29) is 18.0 Å². The molecule has 15 heavy (non-hydrogen) atoms. The Hall–Kier alpha value is -1.55. The van der Waals surface area contributed by atoms with E-state index in [9.17, 15) is 15.0 Å². The molecule has 1 aromatic rings. The third-order valence-corrected chi connectivity index (χ3v) is 2.14. The summed E-state index contributed by atoms with van der Waals surface area (Å²) in [6.45, 7) is 1.34. The fraction of sp³-hybridized carbons (Fsp3) is 0.364. The number of carbonyl (C=O) groups is 1. The Kier molecular flexibility index (Phi) is 3.68. The second kappa shape index (κ2) is 4.79. The maximum Gasteiger partial charge on any atom is 0.160 e. The number of carbonyl (C=O) groups excluding carboxylic acids is 1. The number of methoxy groups -OCH3 is 1. The summed E-state index contributed by atoms with van der Waals surface area (Å²) in [5, 5.41) is 18.7. The summed E-state index contributed by atoms with van der Waals surface area (Å²) in [6.07, 6.45) is -0.773. The predicted molar refractivity (Wildman–Crippen MR) is 55.1 cm³/mol. The van der Waals surface area contributed by atoms with Crippen LogP contribution < -0.4 is 4.74 Å². The SMILES string of the molecule is COc1cc(CC(O)C(C)=O)ccc1O. The molecule has 2 N–H and O–H groups in total. The van der Waals surface area contributed by atoms with Gasteiger partial charge < -0.3 is 14.9 Å². The number of Topliss-reactive ketones (excluding diaryl/α,β-unsaturated/α-hetero) is 1. The first-order valence-corrected chi connectivity index (χ1v) is 4.59. The first kappa shape index (κ1) is 11.5. The topological polar surface area (TPSA) is 66.8 Å². The highest BCUT2D eigenvalue weighted by Gasteiger charge is 2.11. The van der Waals surface area contributed by atoms with Gasteiger partial charge >= 0.3 is 0 Å². The van der Waals surface area contributed by atoms with Gasteiger partial charge in [0, 0.05) is 6.42 Å². The second-order valence-corrected chi connectivity index (χ2v) is 3.34. The molecule has 0 spiro atoms. The lowest BCUT2D eigenvalue weighted by Crippen LogP contribution is -2.19. The number of phenols is 1. The summed E-state index contributed by atoms with van der Waals surface area (Å²) >= 11 is 0. The van der Waals surface area contributed by atoms with E-state index in [2.05, 4.69) is 0 Å². The van der Waals surface area contributed by atoms with Gasteiger partial charge in [-0.25, -0.2) is 0 Å². The van der Waals surface area contributed by atoms with Crippen molar-refractivity contribution in [3.05, 3.63) is 23.8 Å². The molecule has 0 heterocycles. The van der Waals surface area contributed by atoms with Gasteiger partial charge in [-0.3, -0.25) is 4.79 Å². The van der Waals surface area contributed by atoms with Crippen LogP contribution in [0.5, 0.6) is 11.5 Å². The first-order valence-electron chi connectivity index (χ1n) is 4.59. The van der Waals surface area contributed by atoms with Crippen LogP contribution in [0.15, 0.2) is 18.2 Å². The van der Waals surface area contributed by atoms with E-state index in [4.69, 9.17) is 4.74 Å². The zero-order valence-electron chi connectivity index (χ0n) is 8.73. The molecule has 0 radical (unpaired) electrons. The van der Waals surface area contributed by atoms with Crippen LogP contribution in [0, 0.1) is 0 Å². The molecule has 1 unspecified atom stereocenters. The second-order valence-electron chi connectivity index (χ2n) is 3.34. The third kappa shape index (κ3) is 2.95. The smallest absolute Gasteiger partial charge is 0.160 e. The maximum atomic E-state index is 10.8. The van der Waals surface area contributed by atoms with Crippen LogP contribution >= 0.6 is 0 Å². The van der Waals surface area contributed by atoms with Crippen molar-refractivity contribution in [3.8, 4) is 11.5 Å². The Labute approximate surface area is 88.1 Å². The molecule has 82 valence electrons. The average Bonchev–Trinajstić information content (AvgIpc) is 2.20.